The van der Waals surface area contributed by atoms with Gasteiger partial charge in [0.05, 0.1) is 17.1 Å². The number of non-ortho nitro benzene ring substituents is 1. The fourth-order valence-corrected chi connectivity index (χ4v) is 2.91. The van der Waals surface area contributed by atoms with Crippen molar-refractivity contribution in [1.82, 2.24) is 5.32 Å². The Morgan fingerprint density at radius 3 is 2.65 bits per heavy atom. The van der Waals surface area contributed by atoms with E-state index >= 15 is 0 Å². The molecule has 0 aliphatic carbocycles. The number of nitrogens with one attached hydrogen (secondary N) is 1. The zero-order valence-electron chi connectivity index (χ0n) is 16.3. The first-order chi connectivity index (χ1) is 14.9. The molecule has 9 heteroatoms. The van der Waals surface area contributed by atoms with Gasteiger partial charge in [0.1, 0.15) is 28.9 Å². The second-order valence-corrected chi connectivity index (χ2v) is 6.73. The quantitative estimate of drug-likeness (QED) is 0.247. The SMILES string of the molecule is COc1ccc(CNC(=O)/C(C#N)=C\c2ccc(-c3cc([N+](=O)[O-])ccc3Cl)o2)cc1. The zero-order chi connectivity index (χ0) is 22.4. The number of furan rings is 1. The van der Waals surface area contributed by atoms with Gasteiger partial charge < -0.3 is 14.5 Å². The van der Waals surface area contributed by atoms with Crippen LogP contribution in [0.1, 0.15) is 11.3 Å². The van der Waals surface area contributed by atoms with Crippen molar-refractivity contribution in [2.45, 2.75) is 6.54 Å². The lowest BCUT2D eigenvalue weighted by molar-refractivity contribution is -0.384. The fourth-order valence-electron chi connectivity index (χ4n) is 2.70. The Morgan fingerprint density at radius 1 is 1.26 bits per heavy atom. The van der Waals surface area contributed by atoms with Crippen molar-refractivity contribution >= 4 is 29.3 Å². The molecule has 1 aromatic heterocycles. The Hall–Kier alpha value is -4.09. The first-order valence-electron chi connectivity index (χ1n) is 8.98. The van der Waals surface area contributed by atoms with Gasteiger partial charge in [0.2, 0.25) is 0 Å². The van der Waals surface area contributed by atoms with Gasteiger partial charge in [0.25, 0.3) is 11.6 Å². The number of nitro benzene ring substituents is 1. The van der Waals surface area contributed by atoms with Crippen molar-refractivity contribution in [2.75, 3.05) is 7.11 Å². The molecule has 1 amide bonds. The third-order valence-corrected chi connectivity index (χ3v) is 4.65. The monoisotopic (exact) mass is 437 g/mol. The van der Waals surface area contributed by atoms with Crippen LogP contribution in [-0.2, 0) is 11.3 Å². The van der Waals surface area contributed by atoms with Crippen LogP contribution in [0.4, 0.5) is 5.69 Å². The minimum atomic E-state index is -0.565. The highest BCUT2D eigenvalue weighted by atomic mass is 35.5. The van der Waals surface area contributed by atoms with Gasteiger partial charge in [-0.15, -0.1) is 0 Å². The largest absolute Gasteiger partial charge is 0.497 e. The summed E-state index contributed by atoms with van der Waals surface area (Å²) in [6.45, 7) is 0.231. The van der Waals surface area contributed by atoms with Gasteiger partial charge >= 0.3 is 0 Å². The van der Waals surface area contributed by atoms with Gasteiger partial charge in [-0.3, -0.25) is 14.9 Å². The first kappa shape index (κ1) is 21.6. The van der Waals surface area contributed by atoms with Crippen molar-refractivity contribution in [1.29, 1.82) is 5.26 Å². The van der Waals surface area contributed by atoms with E-state index < -0.39 is 10.8 Å². The maximum Gasteiger partial charge on any atom is 0.270 e. The molecule has 31 heavy (non-hydrogen) atoms. The molecule has 0 aliphatic rings. The molecule has 0 bridgehead atoms. The molecular weight excluding hydrogens is 422 g/mol. The van der Waals surface area contributed by atoms with Crippen LogP contribution in [0.25, 0.3) is 17.4 Å². The molecule has 0 atom stereocenters. The van der Waals surface area contributed by atoms with E-state index in [0.29, 0.717) is 11.3 Å². The van der Waals surface area contributed by atoms with E-state index in [0.717, 1.165) is 5.56 Å². The van der Waals surface area contributed by atoms with Gasteiger partial charge in [-0.25, -0.2) is 0 Å². The topological polar surface area (TPSA) is 118 Å². The maximum absolute atomic E-state index is 12.4. The summed E-state index contributed by atoms with van der Waals surface area (Å²) < 4.78 is 10.7. The van der Waals surface area contributed by atoms with E-state index in [-0.39, 0.29) is 34.3 Å². The molecule has 0 saturated heterocycles. The van der Waals surface area contributed by atoms with E-state index in [1.54, 1.807) is 43.5 Å². The molecule has 1 heterocycles. The van der Waals surface area contributed by atoms with Crippen LogP contribution < -0.4 is 10.1 Å². The predicted octanol–water partition coefficient (Wildman–Crippen LogP) is 4.74. The second-order valence-electron chi connectivity index (χ2n) is 6.32. The van der Waals surface area contributed by atoms with E-state index in [1.165, 1.54) is 24.3 Å². The predicted molar refractivity (Wildman–Crippen MR) is 114 cm³/mol. The Morgan fingerprint density at radius 2 is 2.00 bits per heavy atom. The first-order valence-corrected chi connectivity index (χ1v) is 9.36. The van der Waals surface area contributed by atoms with E-state index in [2.05, 4.69) is 5.32 Å². The normalized spacial score (nSPS) is 10.9. The number of nitriles is 1. The number of hydrogen-bond donors (Lipinski definition) is 1. The Labute approximate surface area is 182 Å². The van der Waals surface area contributed by atoms with E-state index in [1.807, 2.05) is 6.07 Å². The number of amides is 1. The average Bonchev–Trinajstić information content (AvgIpc) is 3.24. The summed E-state index contributed by atoms with van der Waals surface area (Å²) >= 11 is 6.12. The van der Waals surface area contributed by atoms with Crippen LogP contribution >= 0.6 is 11.6 Å². The summed E-state index contributed by atoms with van der Waals surface area (Å²) in [7, 11) is 1.56. The van der Waals surface area contributed by atoms with Crippen LogP contribution in [-0.4, -0.2) is 17.9 Å². The number of carbonyl (C=O) groups excluding carboxylic acids is 1. The number of carbonyl (C=O) groups is 1. The van der Waals surface area contributed by atoms with Gasteiger partial charge in [-0.1, -0.05) is 23.7 Å². The molecule has 3 rings (SSSR count). The van der Waals surface area contributed by atoms with Crippen molar-refractivity contribution in [2.24, 2.45) is 0 Å². The summed E-state index contributed by atoms with van der Waals surface area (Å²) in [5, 5.41) is 23.3. The molecule has 0 spiro atoms. The van der Waals surface area contributed by atoms with Gasteiger partial charge in [-0.05, 0) is 35.9 Å². The molecule has 0 saturated carbocycles. The van der Waals surface area contributed by atoms with Gasteiger partial charge in [0.15, 0.2) is 0 Å². The third kappa shape index (κ3) is 5.29. The molecule has 2 aromatic carbocycles. The Kier molecular flexibility index (Phi) is 6.70. The maximum atomic E-state index is 12.4. The van der Waals surface area contributed by atoms with E-state index in [4.69, 9.17) is 20.8 Å². The van der Waals surface area contributed by atoms with Crippen molar-refractivity contribution in [3.05, 3.63) is 86.6 Å². The highest BCUT2D eigenvalue weighted by Crippen LogP contribution is 2.33. The number of halogens is 1. The fraction of sp³-hybridized carbons (Fsp3) is 0.0909. The number of hydrogen-bond acceptors (Lipinski definition) is 6. The van der Waals surface area contributed by atoms with Crippen molar-refractivity contribution in [3.8, 4) is 23.1 Å². The summed E-state index contributed by atoms with van der Waals surface area (Å²) in [5.41, 5.74) is 0.882. The number of nitro groups is 1. The lowest BCUT2D eigenvalue weighted by Crippen LogP contribution is -2.23. The average molecular weight is 438 g/mol. The molecule has 0 radical (unpaired) electrons. The minimum absolute atomic E-state index is 0.136. The van der Waals surface area contributed by atoms with Crippen molar-refractivity contribution in [3.63, 3.8) is 0 Å². The molecule has 8 nitrogen and oxygen atoms in total. The molecule has 3 aromatic rings. The Balaban J connectivity index is 1.75. The number of ether oxygens (including phenoxy) is 1. The number of nitrogens with zero attached hydrogens (tertiary/aromatic N) is 2. The lowest BCUT2D eigenvalue weighted by atomic mass is 10.1. The van der Waals surface area contributed by atoms with E-state index in [9.17, 15) is 20.2 Å². The standard InChI is InChI=1S/C22H16ClN3O5/c1-30-17-5-2-14(3-6-17)13-25-22(27)15(12-24)10-18-7-9-21(31-18)19-11-16(26(28)29)4-8-20(19)23/h2-11H,13H2,1H3,(H,25,27)/b15-10-. The summed E-state index contributed by atoms with van der Waals surface area (Å²) in [6.07, 6.45) is 1.29. The van der Waals surface area contributed by atoms with Crippen LogP contribution in [0.5, 0.6) is 5.75 Å². The highest BCUT2D eigenvalue weighted by molar-refractivity contribution is 6.33. The summed E-state index contributed by atoms with van der Waals surface area (Å²) in [5.74, 6) is 0.638. The van der Waals surface area contributed by atoms with Crippen LogP contribution in [0, 0.1) is 21.4 Å². The summed E-state index contributed by atoms with van der Waals surface area (Å²) in [6, 6.07) is 16.1. The summed E-state index contributed by atoms with van der Waals surface area (Å²) in [4.78, 5) is 22.8. The highest BCUT2D eigenvalue weighted by Gasteiger charge is 2.15. The number of benzene rings is 2. The second kappa shape index (κ2) is 9.61. The third-order valence-electron chi connectivity index (χ3n) is 4.32. The number of methoxy groups -OCH3 is 1. The van der Waals surface area contributed by atoms with Gasteiger partial charge in [-0.2, -0.15) is 5.26 Å². The molecule has 0 unspecified atom stereocenters. The smallest absolute Gasteiger partial charge is 0.270 e. The molecule has 156 valence electrons. The number of rotatable bonds is 7. The zero-order valence-corrected chi connectivity index (χ0v) is 17.1. The molecule has 0 fully saturated rings. The van der Waals surface area contributed by atoms with Gasteiger partial charge in [0, 0.05) is 30.3 Å². The van der Waals surface area contributed by atoms with Crippen LogP contribution in [0.2, 0.25) is 5.02 Å². The minimum Gasteiger partial charge on any atom is -0.497 e. The molecule has 1 N–H and O–H groups in total. The van der Waals surface area contributed by atoms with Crippen LogP contribution in [0.3, 0.4) is 0 Å². The molecular formula is C22H16ClN3O5. The van der Waals surface area contributed by atoms with Crippen LogP contribution in [0.15, 0.2) is 64.6 Å². The molecule has 0 aliphatic heterocycles. The lowest BCUT2D eigenvalue weighted by Gasteiger charge is -2.05. The van der Waals surface area contributed by atoms with Crippen molar-refractivity contribution < 1.29 is 18.9 Å². The Bertz CT molecular complexity index is 1190.